The second kappa shape index (κ2) is 9.97. The monoisotopic (exact) mass is 529 g/mol. The van der Waals surface area contributed by atoms with Gasteiger partial charge in [-0.05, 0) is 54.7 Å². The van der Waals surface area contributed by atoms with Gasteiger partial charge in [-0.3, -0.25) is 4.72 Å². The van der Waals surface area contributed by atoms with Crippen LogP contribution in [0.3, 0.4) is 0 Å². The number of hydrogen-bond acceptors (Lipinski definition) is 5. The number of anilines is 2. The summed E-state index contributed by atoms with van der Waals surface area (Å²) in [7, 11) is -4.19. The zero-order chi connectivity index (χ0) is 23.6. The van der Waals surface area contributed by atoms with Crippen molar-refractivity contribution in [2.24, 2.45) is 5.92 Å². The van der Waals surface area contributed by atoms with Crippen molar-refractivity contribution >= 4 is 61.6 Å². The summed E-state index contributed by atoms with van der Waals surface area (Å²) in [5.74, 6) is -1.29. The van der Waals surface area contributed by atoms with E-state index in [0.717, 1.165) is 42.5 Å². The van der Waals surface area contributed by atoms with Crippen molar-refractivity contribution in [1.82, 2.24) is 4.98 Å². The Kier molecular flexibility index (Phi) is 7.23. The van der Waals surface area contributed by atoms with E-state index in [0.29, 0.717) is 6.54 Å². The fraction of sp³-hybridized carbons (Fsp3) is 0.227. The second-order valence-electron chi connectivity index (χ2n) is 7.54. The average molecular weight is 530 g/mol. The van der Waals surface area contributed by atoms with Gasteiger partial charge < -0.3 is 5.32 Å². The smallest absolute Gasteiger partial charge is 0.266 e. The van der Waals surface area contributed by atoms with Gasteiger partial charge in [-0.1, -0.05) is 35.3 Å². The molecular formula is C22H19Cl2F2N3O2S2. The molecule has 1 aliphatic carbocycles. The average Bonchev–Trinajstić information content (AvgIpc) is 3.28. The summed E-state index contributed by atoms with van der Waals surface area (Å²) >= 11 is 13.3. The second-order valence-corrected chi connectivity index (χ2v) is 10.7. The van der Waals surface area contributed by atoms with Crippen LogP contribution < -0.4 is 10.0 Å². The largest absolute Gasteiger partial charge is 0.383 e. The van der Waals surface area contributed by atoms with Gasteiger partial charge in [-0.15, -0.1) is 11.3 Å². The first-order chi connectivity index (χ1) is 15.7. The Bertz CT molecular complexity index is 1300. The lowest BCUT2D eigenvalue weighted by atomic mass is 9.83. The molecule has 0 amide bonds. The van der Waals surface area contributed by atoms with Crippen LogP contribution >= 0.6 is 34.5 Å². The van der Waals surface area contributed by atoms with Crippen LogP contribution in [-0.2, 0) is 10.0 Å². The number of aromatic nitrogens is 1. The van der Waals surface area contributed by atoms with Gasteiger partial charge in [0.1, 0.15) is 16.5 Å². The first-order valence-electron chi connectivity index (χ1n) is 10.0. The summed E-state index contributed by atoms with van der Waals surface area (Å²) in [5.41, 5.74) is 3.46. The molecule has 0 bridgehead atoms. The third-order valence-corrected chi connectivity index (χ3v) is 7.91. The third kappa shape index (κ3) is 5.48. The molecule has 0 saturated carbocycles. The third-order valence-electron chi connectivity index (χ3n) is 5.33. The van der Waals surface area contributed by atoms with E-state index in [9.17, 15) is 17.2 Å². The quantitative estimate of drug-likeness (QED) is 0.352. The Morgan fingerprint density at radius 2 is 1.94 bits per heavy atom. The molecule has 0 saturated heterocycles. The normalized spacial score (nSPS) is 16.4. The molecule has 0 aliphatic heterocycles. The summed E-state index contributed by atoms with van der Waals surface area (Å²) in [4.78, 5) is 3.28. The van der Waals surface area contributed by atoms with Gasteiger partial charge in [-0.25, -0.2) is 22.2 Å². The van der Waals surface area contributed by atoms with Crippen LogP contribution in [0.15, 0.2) is 52.2 Å². The van der Waals surface area contributed by atoms with Gasteiger partial charge in [-0.2, -0.15) is 0 Å². The Labute approximate surface area is 204 Å². The lowest BCUT2D eigenvalue weighted by molar-refractivity contribution is 0.568. The highest BCUT2D eigenvalue weighted by molar-refractivity contribution is 7.92. The first-order valence-corrected chi connectivity index (χ1v) is 13.2. The molecule has 33 heavy (non-hydrogen) atoms. The lowest BCUT2D eigenvalue weighted by Crippen LogP contribution is -2.19. The zero-order valence-electron chi connectivity index (χ0n) is 17.1. The van der Waals surface area contributed by atoms with E-state index < -0.39 is 26.6 Å². The van der Waals surface area contributed by atoms with Gasteiger partial charge in [0, 0.05) is 17.8 Å². The topological polar surface area (TPSA) is 71.1 Å². The Balaban J connectivity index is 1.52. The maximum atomic E-state index is 14.7. The van der Waals surface area contributed by atoms with Crippen molar-refractivity contribution in [2.75, 3.05) is 16.6 Å². The van der Waals surface area contributed by atoms with E-state index >= 15 is 0 Å². The molecule has 0 radical (unpaired) electrons. The van der Waals surface area contributed by atoms with E-state index in [2.05, 4.69) is 21.1 Å². The van der Waals surface area contributed by atoms with E-state index in [4.69, 9.17) is 23.2 Å². The van der Waals surface area contributed by atoms with Crippen LogP contribution in [0.25, 0.3) is 5.57 Å². The number of rotatable bonds is 7. The first kappa shape index (κ1) is 23.9. The number of benzene rings is 2. The number of nitrogens with one attached hydrogen (secondary N) is 2. The van der Waals surface area contributed by atoms with Crippen LogP contribution in [0.5, 0.6) is 0 Å². The van der Waals surface area contributed by atoms with Crippen molar-refractivity contribution in [2.45, 2.75) is 24.2 Å². The molecule has 1 heterocycles. The molecule has 2 N–H and O–H groups in total. The van der Waals surface area contributed by atoms with Gasteiger partial charge in [0.15, 0.2) is 5.82 Å². The Hall–Kier alpha value is -2.20. The number of nitrogens with zero attached hydrogens (tertiary/aromatic N) is 1. The van der Waals surface area contributed by atoms with Gasteiger partial charge in [0.25, 0.3) is 10.0 Å². The minimum absolute atomic E-state index is 0.0354. The standard InChI is InChI=1S/C22H19Cl2F2N3O2S2/c23-16-6-5-13(7-18(16)25)15-4-2-1-3-14(15)10-27-20-9-19(26)21(8-17(20)24)33(30,31)29-22-11-32-12-28-22/h4-9,11-12,14,27,29H,1-3,10H2. The molecule has 5 nitrogen and oxygen atoms in total. The molecule has 11 heteroatoms. The molecule has 174 valence electrons. The molecular weight excluding hydrogens is 511 g/mol. The van der Waals surface area contributed by atoms with Crippen molar-refractivity contribution in [3.8, 4) is 0 Å². The number of sulfonamides is 1. The number of hydrogen-bond donors (Lipinski definition) is 2. The fourth-order valence-corrected chi connectivity index (χ4v) is 5.80. The molecule has 1 atom stereocenters. The molecule has 1 unspecified atom stereocenters. The molecule has 1 aliphatic rings. The van der Waals surface area contributed by atoms with Crippen molar-refractivity contribution in [3.63, 3.8) is 0 Å². The molecule has 1 aromatic heterocycles. The number of thiazole rings is 1. The van der Waals surface area contributed by atoms with Crippen LogP contribution in [0.2, 0.25) is 10.0 Å². The summed E-state index contributed by atoms with van der Waals surface area (Å²) < 4.78 is 56.0. The van der Waals surface area contributed by atoms with Crippen molar-refractivity contribution in [1.29, 1.82) is 0 Å². The van der Waals surface area contributed by atoms with Gasteiger partial charge in [0.05, 0.1) is 21.2 Å². The molecule has 4 rings (SSSR count). The van der Waals surface area contributed by atoms with Crippen molar-refractivity contribution < 1.29 is 17.2 Å². The Morgan fingerprint density at radius 3 is 2.67 bits per heavy atom. The van der Waals surface area contributed by atoms with E-state index in [-0.39, 0.29) is 27.5 Å². The van der Waals surface area contributed by atoms with E-state index in [1.165, 1.54) is 34.4 Å². The molecule has 3 aromatic rings. The number of allylic oxidation sites excluding steroid dienone is 1. The highest BCUT2D eigenvalue weighted by Gasteiger charge is 2.24. The minimum Gasteiger partial charge on any atom is -0.383 e. The highest BCUT2D eigenvalue weighted by atomic mass is 35.5. The maximum absolute atomic E-state index is 14.7. The summed E-state index contributed by atoms with van der Waals surface area (Å²) in [6.07, 6.45) is 4.77. The summed E-state index contributed by atoms with van der Waals surface area (Å²) in [6.45, 7) is 0.415. The van der Waals surface area contributed by atoms with E-state index in [1.807, 2.05) is 0 Å². The highest BCUT2D eigenvalue weighted by Crippen LogP contribution is 2.35. The van der Waals surface area contributed by atoms with Crippen LogP contribution in [0.4, 0.5) is 20.3 Å². The summed E-state index contributed by atoms with van der Waals surface area (Å²) in [5, 5.41) is 4.74. The SMILES string of the molecule is O=S(=O)(Nc1cscn1)c1cc(Cl)c(NCC2CCCC=C2c2ccc(Cl)c(F)c2)cc1F. The van der Waals surface area contributed by atoms with Gasteiger partial charge >= 0.3 is 0 Å². The van der Waals surface area contributed by atoms with Crippen LogP contribution in [-0.4, -0.2) is 19.9 Å². The predicted octanol–water partition coefficient (Wildman–Crippen LogP) is 6.82. The van der Waals surface area contributed by atoms with Crippen LogP contribution in [0, 0.1) is 17.6 Å². The van der Waals surface area contributed by atoms with Gasteiger partial charge in [0.2, 0.25) is 0 Å². The summed E-state index contributed by atoms with van der Waals surface area (Å²) in [6, 6.07) is 6.84. The zero-order valence-corrected chi connectivity index (χ0v) is 20.3. The minimum atomic E-state index is -4.19. The molecule has 0 spiro atoms. The number of halogens is 4. The van der Waals surface area contributed by atoms with Crippen LogP contribution in [0.1, 0.15) is 24.8 Å². The fourth-order valence-electron chi connectivity index (χ4n) is 3.74. The Morgan fingerprint density at radius 1 is 1.12 bits per heavy atom. The molecule has 2 aromatic carbocycles. The van der Waals surface area contributed by atoms with Crippen molar-refractivity contribution in [3.05, 3.63) is 74.5 Å². The predicted molar refractivity (Wildman–Crippen MR) is 130 cm³/mol. The molecule has 0 fully saturated rings. The maximum Gasteiger partial charge on any atom is 0.266 e. The lowest BCUT2D eigenvalue weighted by Gasteiger charge is -2.26. The van der Waals surface area contributed by atoms with E-state index in [1.54, 1.807) is 6.07 Å².